The van der Waals surface area contributed by atoms with Crippen LogP contribution in [-0.4, -0.2) is 15.0 Å². The fraction of sp³-hybridized carbons (Fsp3) is 0.273. The van der Waals surface area contributed by atoms with Crippen LogP contribution in [0.4, 0.5) is 0 Å². The largest absolute Gasteiger partial charge is 0.243 e. The molecule has 0 spiro atoms. The highest BCUT2D eigenvalue weighted by Gasteiger charge is 2.21. The lowest BCUT2D eigenvalue weighted by Crippen LogP contribution is -2.25. The van der Waals surface area contributed by atoms with Gasteiger partial charge in [0.2, 0.25) is 10.0 Å². The normalized spacial score (nSPS) is 10.9. The number of hydrogen-bond acceptors (Lipinski definition) is 2. The topological polar surface area (TPSA) is 46.2 Å². The maximum Gasteiger partial charge on any atom is 0.243 e. The Morgan fingerprint density at radius 2 is 1.89 bits per heavy atom. The Labute approximate surface area is 125 Å². The first-order valence-corrected chi connectivity index (χ1v) is 7.95. The standard InChI is InChI=1S/C11H10BrCl2NO2S/c1-2-3-4-5-15-18(16,17)11-9(13)6-8(12)7-10(11)14/h6-7,15H,4-5H2,1H3. The number of nitrogens with one attached hydrogen (secondary N) is 1. The lowest BCUT2D eigenvalue weighted by Gasteiger charge is -2.09. The van der Waals surface area contributed by atoms with Crippen LogP contribution < -0.4 is 4.72 Å². The van der Waals surface area contributed by atoms with Crippen LogP contribution in [0.15, 0.2) is 21.5 Å². The summed E-state index contributed by atoms with van der Waals surface area (Å²) in [6.45, 7) is 1.91. The van der Waals surface area contributed by atoms with Gasteiger partial charge in [0.1, 0.15) is 4.90 Å². The predicted molar refractivity (Wildman–Crippen MR) is 77.4 cm³/mol. The predicted octanol–water partition coefficient (Wildman–Crippen LogP) is 3.45. The van der Waals surface area contributed by atoms with Gasteiger partial charge in [0, 0.05) is 17.4 Å². The molecule has 1 N–H and O–H groups in total. The minimum absolute atomic E-state index is 0.0726. The van der Waals surface area contributed by atoms with Crippen LogP contribution in [0.2, 0.25) is 10.0 Å². The van der Waals surface area contributed by atoms with Crippen molar-refractivity contribution in [2.75, 3.05) is 6.54 Å². The quantitative estimate of drug-likeness (QED) is 0.651. The van der Waals surface area contributed by atoms with Crippen LogP contribution in [-0.2, 0) is 10.0 Å². The highest BCUT2D eigenvalue weighted by Crippen LogP contribution is 2.32. The van der Waals surface area contributed by atoms with E-state index in [0.29, 0.717) is 10.9 Å². The maximum absolute atomic E-state index is 12.0. The van der Waals surface area contributed by atoms with E-state index in [0.717, 1.165) is 0 Å². The first-order valence-electron chi connectivity index (χ1n) is 4.92. The monoisotopic (exact) mass is 369 g/mol. The van der Waals surface area contributed by atoms with E-state index >= 15 is 0 Å². The van der Waals surface area contributed by atoms with Gasteiger partial charge >= 0.3 is 0 Å². The molecule has 0 saturated carbocycles. The number of rotatable bonds is 4. The lowest BCUT2D eigenvalue weighted by atomic mass is 10.4. The number of benzene rings is 1. The van der Waals surface area contributed by atoms with Gasteiger partial charge in [-0.25, -0.2) is 13.1 Å². The number of halogens is 3. The molecule has 0 saturated heterocycles. The third-order valence-electron chi connectivity index (χ3n) is 1.95. The molecule has 0 amide bonds. The van der Waals surface area contributed by atoms with Crippen molar-refractivity contribution in [1.82, 2.24) is 4.72 Å². The molecule has 0 aliphatic carbocycles. The van der Waals surface area contributed by atoms with Crippen LogP contribution in [0.3, 0.4) is 0 Å². The molecular formula is C11H10BrCl2NO2S. The molecule has 0 aliphatic rings. The Kier molecular flexibility index (Phi) is 5.96. The molecule has 7 heteroatoms. The van der Waals surface area contributed by atoms with Crippen molar-refractivity contribution < 1.29 is 8.42 Å². The summed E-state index contributed by atoms with van der Waals surface area (Å²) in [5.74, 6) is 5.44. The second kappa shape index (κ2) is 6.78. The Morgan fingerprint density at radius 3 is 2.39 bits per heavy atom. The lowest BCUT2D eigenvalue weighted by molar-refractivity contribution is 0.582. The van der Waals surface area contributed by atoms with Crippen molar-refractivity contribution in [2.45, 2.75) is 18.2 Å². The van der Waals surface area contributed by atoms with Crippen LogP contribution >= 0.6 is 39.1 Å². The van der Waals surface area contributed by atoms with Gasteiger partial charge in [0.25, 0.3) is 0 Å². The second-order valence-electron chi connectivity index (χ2n) is 3.27. The van der Waals surface area contributed by atoms with Gasteiger partial charge in [-0.15, -0.1) is 11.8 Å². The second-order valence-corrected chi connectivity index (χ2v) is 6.71. The molecule has 0 fully saturated rings. The van der Waals surface area contributed by atoms with Crippen molar-refractivity contribution in [3.8, 4) is 11.8 Å². The Hall–Kier alpha value is -0.250. The fourth-order valence-electron chi connectivity index (χ4n) is 1.23. The van der Waals surface area contributed by atoms with E-state index in [1.807, 2.05) is 0 Å². The Morgan fingerprint density at radius 1 is 1.33 bits per heavy atom. The van der Waals surface area contributed by atoms with E-state index in [9.17, 15) is 8.42 Å². The molecule has 0 unspecified atom stereocenters. The van der Waals surface area contributed by atoms with Crippen molar-refractivity contribution in [1.29, 1.82) is 0 Å². The number of hydrogen-bond donors (Lipinski definition) is 1. The highest BCUT2D eigenvalue weighted by molar-refractivity contribution is 9.10. The minimum atomic E-state index is -3.72. The zero-order valence-electron chi connectivity index (χ0n) is 9.43. The van der Waals surface area contributed by atoms with Gasteiger partial charge in [0.05, 0.1) is 10.0 Å². The van der Waals surface area contributed by atoms with Crippen molar-refractivity contribution >= 4 is 49.2 Å². The molecule has 1 aromatic rings. The first-order chi connectivity index (χ1) is 8.38. The van der Waals surface area contributed by atoms with E-state index in [1.54, 1.807) is 6.92 Å². The molecular weight excluding hydrogens is 361 g/mol. The van der Waals surface area contributed by atoms with Gasteiger partial charge in [-0.3, -0.25) is 0 Å². The maximum atomic E-state index is 12.0. The van der Waals surface area contributed by atoms with Crippen molar-refractivity contribution in [3.05, 3.63) is 26.7 Å². The van der Waals surface area contributed by atoms with E-state index in [4.69, 9.17) is 23.2 Å². The minimum Gasteiger partial charge on any atom is -0.210 e. The van der Waals surface area contributed by atoms with Crippen molar-refractivity contribution in [3.63, 3.8) is 0 Å². The van der Waals surface area contributed by atoms with Gasteiger partial charge in [0.15, 0.2) is 0 Å². The van der Waals surface area contributed by atoms with E-state index < -0.39 is 10.0 Å². The molecule has 1 aromatic carbocycles. The summed E-state index contributed by atoms with van der Waals surface area (Å²) in [5, 5.41) is 0.145. The smallest absolute Gasteiger partial charge is 0.210 e. The summed E-state index contributed by atoms with van der Waals surface area (Å²) in [5.41, 5.74) is 0. The molecule has 3 nitrogen and oxygen atoms in total. The van der Waals surface area contributed by atoms with Crippen molar-refractivity contribution in [2.24, 2.45) is 0 Å². The molecule has 98 valence electrons. The molecule has 1 rings (SSSR count). The average molecular weight is 371 g/mol. The third-order valence-corrected chi connectivity index (χ3v) is 4.79. The van der Waals surface area contributed by atoms with Crippen LogP contribution in [0.25, 0.3) is 0 Å². The number of sulfonamides is 1. The zero-order valence-corrected chi connectivity index (χ0v) is 13.3. The summed E-state index contributed by atoms with van der Waals surface area (Å²) in [4.78, 5) is -0.113. The summed E-state index contributed by atoms with van der Waals surface area (Å²) in [7, 11) is -3.72. The van der Waals surface area contributed by atoms with Crippen LogP contribution in [0, 0.1) is 11.8 Å². The van der Waals surface area contributed by atoms with Gasteiger partial charge in [-0.1, -0.05) is 39.1 Å². The molecule has 0 radical (unpaired) electrons. The van der Waals surface area contributed by atoms with Gasteiger partial charge < -0.3 is 0 Å². The Balaban J connectivity index is 3.01. The summed E-state index contributed by atoms with van der Waals surface area (Å²) in [6, 6.07) is 2.96. The van der Waals surface area contributed by atoms with Gasteiger partial charge in [-0.05, 0) is 19.1 Å². The van der Waals surface area contributed by atoms with Crippen LogP contribution in [0.5, 0.6) is 0 Å². The summed E-state index contributed by atoms with van der Waals surface area (Å²) >= 11 is 15.0. The Bertz CT molecular complexity index is 582. The molecule has 0 atom stereocenters. The van der Waals surface area contributed by atoms with E-state index in [1.165, 1.54) is 12.1 Å². The van der Waals surface area contributed by atoms with E-state index in [-0.39, 0.29) is 21.5 Å². The van der Waals surface area contributed by atoms with E-state index in [2.05, 4.69) is 32.5 Å². The summed E-state index contributed by atoms with van der Waals surface area (Å²) < 4.78 is 27.0. The molecule has 0 heterocycles. The molecule has 0 bridgehead atoms. The molecule has 0 aliphatic heterocycles. The zero-order chi connectivity index (χ0) is 13.8. The van der Waals surface area contributed by atoms with Crippen LogP contribution in [0.1, 0.15) is 13.3 Å². The third kappa shape index (κ3) is 4.15. The molecule has 0 aromatic heterocycles. The summed E-state index contributed by atoms with van der Waals surface area (Å²) in [6.07, 6.45) is 0.432. The SMILES string of the molecule is CC#CCCNS(=O)(=O)c1c(Cl)cc(Br)cc1Cl. The molecule has 18 heavy (non-hydrogen) atoms. The fourth-order valence-corrected chi connectivity index (χ4v) is 4.20. The first kappa shape index (κ1) is 15.8. The average Bonchev–Trinajstić information content (AvgIpc) is 2.22. The van der Waals surface area contributed by atoms with Gasteiger partial charge in [-0.2, -0.15) is 0 Å². The highest BCUT2D eigenvalue weighted by atomic mass is 79.9.